The van der Waals surface area contributed by atoms with Crippen LogP contribution in [0.4, 0.5) is 0 Å². The summed E-state index contributed by atoms with van der Waals surface area (Å²) in [5.74, 6) is -0.936. The maximum absolute atomic E-state index is 12.5. The second kappa shape index (κ2) is 6.40. The van der Waals surface area contributed by atoms with Crippen LogP contribution >= 0.6 is 0 Å². The van der Waals surface area contributed by atoms with Gasteiger partial charge in [0.1, 0.15) is 0 Å². The fraction of sp³-hybridized carbons (Fsp3) is 0.867. The predicted molar refractivity (Wildman–Crippen MR) is 72.7 cm³/mol. The average Bonchev–Trinajstić information content (AvgIpc) is 2.73. The molecule has 2 atom stereocenters. The lowest BCUT2D eigenvalue weighted by Crippen LogP contribution is -2.40. The number of hydrogen-bond donors (Lipinski definition) is 1. The SMILES string of the molecule is CN(C(=O)[C@@H]1CC[C@H](C(=O)O)C1)C1CCCCCC1. The molecule has 0 aliphatic heterocycles. The third-order valence-electron chi connectivity index (χ3n) is 4.85. The topological polar surface area (TPSA) is 57.6 Å². The van der Waals surface area contributed by atoms with Crippen LogP contribution in [0.3, 0.4) is 0 Å². The molecule has 0 spiro atoms. The summed E-state index contributed by atoms with van der Waals surface area (Å²) in [5.41, 5.74) is 0. The molecule has 0 saturated heterocycles. The Labute approximate surface area is 115 Å². The van der Waals surface area contributed by atoms with Crippen LogP contribution in [0.5, 0.6) is 0 Å². The van der Waals surface area contributed by atoms with Gasteiger partial charge < -0.3 is 10.0 Å². The van der Waals surface area contributed by atoms with E-state index in [-0.39, 0.29) is 17.7 Å². The number of carboxylic acids is 1. The zero-order valence-corrected chi connectivity index (χ0v) is 11.8. The van der Waals surface area contributed by atoms with Gasteiger partial charge in [-0.15, -0.1) is 0 Å². The maximum atomic E-state index is 12.5. The van der Waals surface area contributed by atoms with Crippen molar-refractivity contribution in [1.82, 2.24) is 4.90 Å². The summed E-state index contributed by atoms with van der Waals surface area (Å²) in [4.78, 5) is 25.3. The summed E-state index contributed by atoms with van der Waals surface area (Å²) < 4.78 is 0. The molecule has 0 radical (unpaired) electrons. The van der Waals surface area contributed by atoms with Crippen LogP contribution < -0.4 is 0 Å². The van der Waals surface area contributed by atoms with Gasteiger partial charge in [0.2, 0.25) is 5.91 Å². The van der Waals surface area contributed by atoms with E-state index in [1.807, 2.05) is 11.9 Å². The zero-order valence-electron chi connectivity index (χ0n) is 11.8. The van der Waals surface area contributed by atoms with Crippen molar-refractivity contribution in [2.45, 2.75) is 63.8 Å². The number of carboxylic acid groups (broad SMARTS) is 1. The largest absolute Gasteiger partial charge is 0.481 e. The Morgan fingerprint density at radius 1 is 0.947 bits per heavy atom. The first-order valence-corrected chi connectivity index (χ1v) is 7.59. The quantitative estimate of drug-likeness (QED) is 0.800. The van der Waals surface area contributed by atoms with Crippen LogP contribution in [-0.2, 0) is 9.59 Å². The molecule has 0 heterocycles. The Morgan fingerprint density at radius 3 is 2.05 bits per heavy atom. The Morgan fingerprint density at radius 2 is 1.53 bits per heavy atom. The fourth-order valence-corrected chi connectivity index (χ4v) is 3.54. The normalized spacial score (nSPS) is 28.9. The van der Waals surface area contributed by atoms with Gasteiger partial charge in [0.05, 0.1) is 5.92 Å². The van der Waals surface area contributed by atoms with Gasteiger partial charge in [-0.3, -0.25) is 9.59 Å². The highest BCUT2D eigenvalue weighted by Crippen LogP contribution is 2.33. The van der Waals surface area contributed by atoms with Crippen molar-refractivity contribution in [3.8, 4) is 0 Å². The third-order valence-corrected chi connectivity index (χ3v) is 4.85. The first-order chi connectivity index (χ1) is 9.09. The molecule has 0 bridgehead atoms. The van der Waals surface area contributed by atoms with Gasteiger partial charge in [0, 0.05) is 19.0 Å². The van der Waals surface area contributed by atoms with Crippen molar-refractivity contribution in [2.75, 3.05) is 7.05 Å². The minimum absolute atomic E-state index is 0.0608. The molecule has 0 aromatic rings. The third kappa shape index (κ3) is 3.48. The van der Waals surface area contributed by atoms with Crippen LogP contribution in [0, 0.1) is 11.8 Å². The van der Waals surface area contributed by atoms with Crippen LogP contribution in [0.2, 0.25) is 0 Å². The van der Waals surface area contributed by atoms with Gasteiger partial charge in [-0.25, -0.2) is 0 Å². The molecule has 2 rings (SSSR count). The number of carbonyl (C=O) groups is 2. The van der Waals surface area contributed by atoms with E-state index in [0.717, 1.165) is 19.3 Å². The van der Waals surface area contributed by atoms with Crippen LogP contribution in [0.15, 0.2) is 0 Å². The molecule has 2 aliphatic rings. The lowest BCUT2D eigenvalue weighted by atomic mass is 10.0. The van der Waals surface area contributed by atoms with Gasteiger partial charge >= 0.3 is 5.97 Å². The molecule has 0 aromatic heterocycles. The molecule has 19 heavy (non-hydrogen) atoms. The van der Waals surface area contributed by atoms with Crippen LogP contribution in [0.1, 0.15) is 57.8 Å². The second-order valence-corrected chi connectivity index (χ2v) is 6.14. The second-order valence-electron chi connectivity index (χ2n) is 6.14. The summed E-state index contributed by atoms with van der Waals surface area (Å²) in [6.45, 7) is 0. The number of amides is 1. The van der Waals surface area contributed by atoms with Crippen molar-refractivity contribution in [3.63, 3.8) is 0 Å². The lowest BCUT2D eigenvalue weighted by molar-refractivity contribution is -0.141. The summed E-state index contributed by atoms with van der Waals surface area (Å²) in [6.07, 6.45) is 9.14. The van der Waals surface area contributed by atoms with Gasteiger partial charge in [-0.05, 0) is 32.1 Å². The van der Waals surface area contributed by atoms with Crippen molar-refractivity contribution < 1.29 is 14.7 Å². The first-order valence-electron chi connectivity index (χ1n) is 7.59. The Bertz CT molecular complexity index is 334. The number of rotatable bonds is 3. The molecule has 0 aromatic carbocycles. The Kier molecular flexibility index (Phi) is 4.83. The van der Waals surface area contributed by atoms with Crippen molar-refractivity contribution in [2.24, 2.45) is 11.8 Å². The smallest absolute Gasteiger partial charge is 0.306 e. The molecule has 1 amide bonds. The molecule has 2 aliphatic carbocycles. The van der Waals surface area contributed by atoms with E-state index < -0.39 is 5.97 Å². The molecule has 2 fully saturated rings. The lowest BCUT2D eigenvalue weighted by Gasteiger charge is -2.29. The van der Waals surface area contributed by atoms with Crippen molar-refractivity contribution in [3.05, 3.63) is 0 Å². The molecular formula is C15H25NO3. The number of nitrogens with zero attached hydrogens (tertiary/aromatic N) is 1. The summed E-state index contributed by atoms with van der Waals surface area (Å²) in [5, 5.41) is 9.01. The molecule has 4 heteroatoms. The van der Waals surface area contributed by atoms with E-state index in [1.165, 1.54) is 25.7 Å². The van der Waals surface area contributed by atoms with Gasteiger partial charge in [-0.2, -0.15) is 0 Å². The van der Waals surface area contributed by atoms with E-state index >= 15 is 0 Å². The predicted octanol–water partition coefficient (Wildman–Crippen LogP) is 2.67. The summed E-state index contributed by atoms with van der Waals surface area (Å²) >= 11 is 0. The number of hydrogen-bond acceptors (Lipinski definition) is 2. The monoisotopic (exact) mass is 267 g/mol. The Hall–Kier alpha value is -1.06. The highest BCUT2D eigenvalue weighted by atomic mass is 16.4. The molecule has 0 unspecified atom stereocenters. The molecule has 1 N–H and O–H groups in total. The molecular weight excluding hydrogens is 242 g/mol. The average molecular weight is 267 g/mol. The summed E-state index contributed by atoms with van der Waals surface area (Å²) in [6, 6.07) is 0.374. The van der Waals surface area contributed by atoms with Crippen LogP contribution in [0.25, 0.3) is 0 Å². The molecule has 4 nitrogen and oxygen atoms in total. The highest BCUT2D eigenvalue weighted by Gasteiger charge is 2.36. The fourth-order valence-electron chi connectivity index (χ4n) is 3.54. The van der Waals surface area contributed by atoms with E-state index in [4.69, 9.17) is 5.11 Å². The van der Waals surface area contributed by atoms with Crippen LogP contribution in [-0.4, -0.2) is 35.0 Å². The van der Waals surface area contributed by atoms with E-state index in [9.17, 15) is 9.59 Å². The Balaban J connectivity index is 1.90. The van der Waals surface area contributed by atoms with E-state index in [2.05, 4.69) is 0 Å². The maximum Gasteiger partial charge on any atom is 0.306 e. The van der Waals surface area contributed by atoms with Crippen molar-refractivity contribution in [1.29, 1.82) is 0 Å². The highest BCUT2D eigenvalue weighted by molar-refractivity contribution is 5.81. The zero-order chi connectivity index (χ0) is 13.8. The van der Waals surface area contributed by atoms with E-state index in [1.54, 1.807) is 0 Å². The standard InChI is InChI=1S/C15H25NO3/c1-16(13-6-4-2-3-5-7-13)14(17)11-8-9-12(10-11)15(18)19/h11-13H,2-10H2,1H3,(H,18,19)/t11-,12+/m1/s1. The molecule has 108 valence electrons. The van der Waals surface area contributed by atoms with E-state index in [0.29, 0.717) is 18.9 Å². The van der Waals surface area contributed by atoms with Gasteiger partial charge in [0.25, 0.3) is 0 Å². The summed E-state index contributed by atoms with van der Waals surface area (Å²) in [7, 11) is 1.91. The van der Waals surface area contributed by atoms with Crippen molar-refractivity contribution >= 4 is 11.9 Å². The van der Waals surface area contributed by atoms with Gasteiger partial charge in [-0.1, -0.05) is 25.7 Å². The molecule has 2 saturated carbocycles. The number of carbonyl (C=O) groups excluding carboxylic acids is 1. The minimum Gasteiger partial charge on any atom is -0.481 e. The first kappa shape index (κ1) is 14.4. The number of aliphatic carboxylic acids is 1. The van der Waals surface area contributed by atoms with Gasteiger partial charge in [0.15, 0.2) is 0 Å². The minimum atomic E-state index is -0.743.